The number of rotatable bonds is 6. The predicted molar refractivity (Wildman–Crippen MR) is 109 cm³/mol. The molecule has 9 heteroatoms. The first-order valence-corrected chi connectivity index (χ1v) is 11.0. The van der Waals surface area contributed by atoms with Crippen LogP contribution in [-0.4, -0.2) is 39.8 Å². The first kappa shape index (κ1) is 20.3. The number of halogens is 1. The van der Waals surface area contributed by atoms with Crippen LogP contribution in [0, 0.1) is 0 Å². The van der Waals surface area contributed by atoms with Crippen molar-refractivity contribution in [2.24, 2.45) is 0 Å². The number of carbonyl (C=O) groups excluding carboxylic acids is 1. The molecule has 0 fully saturated rings. The molecule has 1 atom stereocenters. The van der Waals surface area contributed by atoms with E-state index in [0.29, 0.717) is 41.1 Å². The number of sulfonamides is 1. The summed E-state index contributed by atoms with van der Waals surface area (Å²) in [6, 6.07) is 10.5. The molecule has 1 aliphatic heterocycles. The second kappa shape index (κ2) is 8.28. The maximum absolute atomic E-state index is 12.9. The van der Waals surface area contributed by atoms with Crippen molar-refractivity contribution in [1.29, 1.82) is 0 Å². The van der Waals surface area contributed by atoms with E-state index in [-0.39, 0.29) is 6.42 Å². The van der Waals surface area contributed by atoms with E-state index in [2.05, 4.69) is 5.32 Å². The maximum Gasteiger partial charge on any atom is 0.248 e. The van der Waals surface area contributed by atoms with Gasteiger partial charge >= 0.3 is 0 Å². The summed E-state index contributed by atoms with van der Waals surface area (Å²) in [7, 11) is -3.73. The number of fused-ring (bicyclic) bond motifs is 1. The lowest BCUT2D eigenvalue weighted by molar-refractivity contribution is -0.117. The summed E-state index contributed by atoms with van der Waals surface area (Å²) in [6.45, 7) is 2.65. The van der Waals surface area contributed by atoms with Gasteiger partial charge in [-0.3, -0.25) is 9.10 Å². The first-order valence-electron chi connectivity index (χ1n) is 8.75. The van der Waals surface area contributed by atoms with E-state index in [1.54, 1.807) is 43.3 Å². The third-order valence-electron chi connectivity index (χ3n) is 4.20. The highest BCUT2D eigenvalue weighted by Crippen LogP contribution is 2.33. The Kier molecular flexibility index (Phi) is 6.00. The average molecular weight is 425 g/mol. The summed E-state index contributed by atoms with van der Waals surface area (Å²) in [5.74, 6) is 0.685. The third kappa shape index (κ3) is 4.51. The Balaban J connectivity index is 1.88. The van der Waals surface area contributed by atoms with Crippen LogP contribution in [0.25, 0.3) is 0 Å². The fourth-order valence-electron chi connectivity index (χ4n) is 3.02. The molecule has 0 saturated heterocycles. The second-order valence-electron chi connectivity index (χ2n) is 6.31. The zero-order valence-electron chi connectivity index (χ0n) is 15.5. The zero-order chi connectivity index (χ0) is 20.3. The van der Waals surface area contributed by atoms with Crippen LogP contribution < -0.4 is 19.1 Å². The van der Waals surface area contributed by atoms with Crippen LogP contribution in [0.4, 0.5) is 11.4 Å². The molecular formula is C19H21ClN2O5S. The molecule has 1 unspecified atom stereocenters. The molecular weight excluding hydrogens is 404 g/mol. The van der Waals surface area contributed by atoms with Crippen LogP contribution in [0.2, 0.25) is 5.02 Å². The van der Waals surface area contributed by atoms with Gasteiger partial charge in [0.2, 0.25) is 15.9 Å². The summed E-state index contributed by atoms with van der Waals surface area (Å²) in [5.41, 5.74) is 0.825. The Labute approximate surface area is 169 Å². The Morgan fingerprint density at radius 1 is 1.18 bits per heavy atom. The molecule has 1 amide bonds. The molecule has 0 spiro atoms. The smallest absolute Gasteiger partial charge is 0.248 e. The average Bonchev–Trinajstić information content (AvgIpc) is 2.64. The summed E-state index contributed by atoms with van der Waals surface area (Å²) < 4.78 is 37.0. The number of anilines is 2. The normalized spacial score (nSPS) is 14.2. The lowest BCUT2D eigenvalue weighted by Gasteiger charge is -2.30. The molecule has 1 aliphatic rings. The van der Waals surface area contributed by atoms with Crippen molar-refractivity contribution in [1.82, 2.24) is 0 Å². The summed E-state index contributed by atoms with van der Waals surface area (Å²) >= 11 is 6.02. The van der Waals surface area contributed by atoms with Crippen LogP contribution in [0.1, 0.15) is 13.3 Å². The quantitative estimate of drug-likeness (QED) is 0.769. The summed E-state index contributed by atoms with van der Waals surface area (Å²) in [6.07, 6.45) is 1.34. The molecule has 28 heavy (non-hydrogen) atoms. The zero-order valence-corrected chi connectivity index (χ0v) is 17.1. The van der Waals surface area contributed by atoms with Gasteiger partial charge in [-0.1, -0.05) is 24.6 Å². The molecule has 3 rings (SSSR count). The third-order valence-corrected chi connectivity index (χ3v) is 5.62. The number of nitrogens with zero attached hydrogens (tertiary/aromatic N) is 1. The van der Waals surface area contributed by atoms with E-state index in [4.69, 9.17) is 21.1 Å². The molecule has 1 N–H and O–H groups in total. The highest BCUT2D eigenvalue weighted by molar-refractivity contribution is 7.92. The van der Waals surface area contributed by atoms with Crippen LogP contribution in [0.5, 0.6) is 11.5 Å². The van der Waals surface area contributed by atoms with E-state index in [1.165, 1.54) is 6.07 Å². The molecule has 7 nitrogen and oxygen atoms in total. The highest BCUT2D eigenvalue weighted by atomic mass is 35.5. The number of hydrogen-bond acceptors (Lipinski definition) is 5. The van der Waals surface area contributed by atoms with Crippen LogP contribution in [0.15, 0.2) is 42.5 Å². The Hall–Kier alpha value is -2.45. The second-order valence-corrected chi connectivity index (χ2v) is 8.61. The molecule has 1 heterocycles. The van der Waals surface area contributed by atoms with Gasteiger partial charge in [0.1, 0.15) is 19.3 Å². The van der Waals surface area contributed by atoms with Crippen molar-refractivity contribution in [3.63, 3.8) is 0 Å². The van der Waals surface area contributed by atoms with E-state index < -0.39 is 22.0 Å². The number of nitrogens with one attached hydrogen (secondary N) is 1. The van der Waals surface area contributed by atoms with Crippen molar-refractivity contribution in [2.75, 3.05) is 29.1 Å². The van der Waals surface area contributed by atoms with Gasteiger partial charge in [0, 0.05) is 16.8 Å². The van der Waals surface area contributed by atoms with Gasteiger partial charge in [-0.05, 0) is 36.8 Å². The molecule has 0 bridgehead atoms. The number of benzene rings is 2. The number of hydrogen-bond donors (Lipinski definition) is 1. The Morgan fingerprint density at radius 3 is 2.54 bits per heavy atom. The van der Waals surface area contributed by atoms with Crippen LogP contribution >= 0.6 is 11.6 Å². The number of carbonyl (C=O) groups is 1. The van der Waals surface area contributed by atoms with E-state index in [0.717, 1.165) is 10.6 Å². The lowest BCUT2D eigenvalue weighted by atomic mass is 10.1. The van der Waals surface area contributed by atoms with Crippen LogP contribution in [-0.2, 0) is 14.8 Å². The van der Waals surface area contributed by atoms with Gasteiger partial charge in [0.25, 0.3) is 0 Å². The van der Waals surface area contributed by atoms with Crippen molar-refractivity contribution in [3.8, 4) is 11.5 Å². The lowest BCUT2D eigenvalue weighted by Crippen LogP contribution is -2.47. The van der Waals surface area contributed by atoms with Gasteiger partial charge in [0.05, 0.1) is 11.9 Å². The standard InChI is InChI=1S/C19H21ClN2O5S/c1-3-16(22(28(2,24)25)15-6-4-5-13(20)11-15)19(23)21-14-7-8-17-18(12-14)27-10-9-26-17/h4-8,11-12,16H,3,9-10H2,1-2H3,(H,21,23). The van der Waals surface area contributed by atoms with Crippen molar-refractivity contribution >= 4 is 38.9 Å². The van der Waals surface area contributed by atoms with Crippen molar-refractivity contribution in [2.45, 2.75) is 19.4 Å². The van der Waals surface area contributed by atoms with Crippen molar-refractivity contribution in [3.05, 3.63) is 47.5 Å². The Morgan fingerprint density at radius 2 is 1.89 bits per heavy atom. The minimum atomic E-state index is -3.73. The topological polar surface area (TPSA) is 84.9 Å². The molecule has 2 aromatic carbocycles. The van der Waals surface area contributed by atoms with Gasteiger partial charge in [0.15, 0.2) is 11.5 Å². The molecule has 0 aromatic heterocycles. The van der Waals surface area contributed by atoms with Gasteiger partial charge in [-0.15, -0.1) is 0 Å². The maximum atomic E-state index is 12.9. The van der Waals surface area contributed by atoms with Gasteiger partial charge < -0.3 is 14.8 Å². The summed E-state index contributed by atoms with van der Waals surface area (Å²) in [4.78, 5) is 12.9. The molecule has 0 aliphatic carbocycles. The van der Waals surface area contributed by atoms with E-state index in [1.807, 2.05) is 0 Å². The van der Waals surface area contributed by atoms with E-state index in [9.17, 15) is 13.2 Å². The monoisotopic (exact) mass is 424 g/mol. The Bertz CT molecular complexity index is 980. The molecule has 2 aromatic rings. The first-order chi connectivity index (χ1) is 13.3. The minimum Gasteiger partial charge on any atom is -0.486 e. The molecule has 150 valence electrons. The molecule has 0 saturated carbocycles. The van der Waals surface area contributed by atoms with E-state index >= 15 is 0 Å². The SMILES string of the molecule is CCC(C(=O)Nc1ccc2c(c1)OCCO2)N(c1cccc(Cl)c1)S(C)(=O)=O. The molecule has 0 radical (unpaired) electrons. The largest absolute Gasteiger partial charge is 0.486 e. The highest BCUT2D eigenvalue weighted by Gasteiger charge is 2.31. The fraction of sp³-hybridized carbons (Fsp3) is 0.316. The van der Waals surface area contributed by atoms with Crippen molar-refractivity contribution < 1.29 is 22.7 Å². The van der Waals surface area contributed by atoms with Gasteiger partial charge in [-0.2, -0.15) is 0 Å². The number of amides is 1. The minimum absolute atomic E-state index is 0.274. The fourth-order valence-corrected chi connectivity index (χ4v) is 4.41. The number of ether oxygens (including phenoxy) is 2. The van der Waals surface area contributed by atoms with Crippen LogP contribution in [0.3, 0.4) is 0 Å². The summed E-state index contributed by atoms with van der Waals surface area (Å²) in [5, 5.41) is 3.15. The van der Waals surface area contributed by atoms with Gasteiger partial charge in [-0.25, -0.2) is 8.42 Å². The predicted octanol–water partition coefficient (Wildman–Crippen LogP) is 3.29.